The van der Waals surface area contributed by atoms with Gasteiger partial charge in [-0.1, -0.05) is 64.1 Å². The Bertz CT molecular complexity index is 713. The second-order valence-electron chi connectivity index (χ2n) is 4.69. The average Bonchev–Trinajstić information content (AvgIpc) is 2.86. The van der Waals surface area contributed by atoms with Crippen LogP contribution in [-0.4, -0.2) is 17.1 Å². The first-order valence-electron chi connectivity index (χ1n) is 6.44. The van der Waals surface area contributed by atoms with Crippen LogP contribution in [0.2, 0.25) is 0 Å². The maximum atomic E-state index is 5.82. The number of hydrogen-bond acceptors (Lipinski definition) is 3. The molecule has 0 fully saturated rings. The van der Waals surface area contributed by atoms with Gasteiger partial charge in [0.15, 0.2) is 0 Å². The van der Waals surface area contributed by atoms with Crippen LogP contribution >= 0.6 is 27.7 Å². The van der Waals surface area contributed by atoms with Crippen LogP contribution in [0.4, 0.5) is 0 Å². The van der Waals surface area contributed by atoms with Crippen LogP contribution in [-0.2, 0) is 4.84 Å². The minimum atomic E-state index is 0.632. The van der Waals surface area contributed by atoms with Gasteiger partial charge in [0.05, 0.1) is 5.70 Å². The summed E-state index contributed by atoms with van der Waals surface area (Å²) in [5.41, 5.74) is 5.67. The third-order valence-electron chi connectivity index (χ3n) is 3.58. The van der Waals surface area contributed by atoms with Crippen LogP contribution in [0.1, 0.15) is 11.1 Å². The summed E-state index contributed by atoms with van der Waals surface area (Å²) in [6.45, 7) is 0.632. The van der Waals surface area contributed by atoms with Gasteiger partial charge in [0.1, 0.15) is 12.1 Å². The zero-order valence-corrected chi connectivity index (χ0v) is 13.1. The molecule has 2 aromatic rings. The molecule has 4 rings (SSSR count). The SMILES string of the molecule is BrCN1OCC2=C1c1ccccc1Sc1ccccc12. The lowest BCUT2D eigenvalue weighted by molar-refractivity contribution is -0.0617. The Kier molecular flexibility index (Phi) is 3.10. The maximum absolute atomic E-state index is 5.82. The quantitative estimate of drug-likeness (QED) is 0.552. The molecule has 4 heteroatoms. The van der Waals surface area contributed by atoms with Crippen LogP contribution < -0.4 is 0 Å². The highest BCUT2D eigenvalue weighted by atomic mass is 79.9. The first-order valence-corrected chi connectivity index (χ1v) is 8.38. The highest BCUT2D eigenvalue weighted by molar-refractivity contribution is 9.09. The molecule has 0 aromatic heterocycles. The molecule has 0 bridgehead atoms. The van der Waals surface area contributed by atoms with Gasteiger partial charge in [-0.15, -0.1) is 0 Å². The number of hydroxylamine groups is 2. The molecule has 0 saturated heterocycles. The Balaban J connectivity index is 2.03. The molecule has 2 aliphatic heterocycles. The van der Waals surface area contributed by atoms with Crippen LogP contribution in [0.15, 0.2) is 58.3 Å². The Morgan fingerprint density at radius 1 is 1.00 bits per heavy atom. The molecule has 2 nitrogen and oxygen atoms in total. The van der Waals surface area contributed by atoms with Gasteiger partial charge >= 0.3 is 0 Å². The van der Waals surface area contributed by atoms with Crippen molar-refractivity contribution in [2.24, 2.45) is 0 Å². The van der Waals surface area contributed by atoms with Gasteiger partial charge in [-0.05, 0) is 17.7 Å². The van der Waals surface area contributed by atoms with E-state index in [0.29, 0.717) is 12.1 Å². The van der Waals surface area contributed by atoms with Crippen molar-refractivity contribution in [2.45, 2.75) is 9.79 Å². The fourth-order valence-electron chi connectivity index (χ4n) is 2.70. The fourth-order valence-corrected chi connectivity index (χ4v) is 4.20. The lowest BCUT2D eigenvalue weighted by Crippen LogP contribution is -2.15. The number of fused-ring (bicyclic) bond motifs is 4. The van der Waals surface area contributed by atoms with E-state index in [1.165, 1.54) is 32.2 Å². The second kappa shape index (κ2) is 4.95. The Hall–Kier alpha value is -1.23. The summed E-state index contributed by atoms with van der Waals surface area (Å²) < 4.78 is 0. The third kappa shape index (κ3) is 1.83. The molecule has 0 saturated carbocycles. The lowest BCUT2D eigenvalue weighted by atomic mass is 10.0. The van der Waals surface area contributed by atoms with Gasteiger partial charge in [-0.25, -0.2) is 5.06 Å². The van der Waals surface area contributed by atoms with Gasteiger partial charge in [0, 0.05) is 20.9 Å². The maximum Gasteiger partial charge on any atom is 0.103 e. The van der Waals surface area contributed by atoms with E-state index in [1.807, 2.05) is 16.8 Å². The minimum Gasteiger partial charge on any atom is -0.268 e. The van der Waals surface area contributed by atoms with E-state index in [-0.39, 0.29) is 0 Å². The predicted octanol–water partition coefficient (Wildman–Crippen LogP) is 4.62. The predicted molar refractivity (Wildman–Crippen MR) is 85.4 cm³/mol. The summed E-state index contributed by atoms with van der Waals surface area (Å²) in [6.07, 6.45) is 0. The molecule has 100 valence electrons. The molecule has 0 amide bonds. The number of halogens is 1. The van der Waals surface area contributed by atoms with Crippen LogP contribution in [0.5, 0.6) is 0 Å². The summed E-state index contributed by atoms with van der Waals surface area (Å²) in [4.78, 5) is 8.40. The van der Waals surface area contributed by atoms with E-state index in [4.69, 9.17) is 4.84 Å². The monoisotopic (exact) mass is 345 g/mol. The minimum absolute atomic E-state index is 0.632. The van der Waals surface area contributed by atoms with Crippen molar-refractivity contribution < 1.29 is 4.84 Å². The largest absolute Gasteiger partial charge is 0.268 e. The van der Waals surface area contributed by atoms with Crippen LogP contribution in [0.3, 0.4) is 0 Å². The van der Waals surface area contributed by atoms with Crippen LogP contribution in [0.25, 0.3) is 11.3 Å². The van der Waals surface area contributed by atoms with E-state index >= 15 is 0 Å². The highest BCUT2D eigenvalue weighted by Crippen LogP contribution is 2.47. The van der Waals surface area contributed by atoms with Crippen LogP contribution in [0, 0.1) is 0 Å². The smallest absolute Gasteiger partial charge is 0.103 e. The fraction of sp³-hybridized carbons (Fsp3) is 0.125. The van der Waals surface area contributed by atoms with Gasteiger partial charge in [-0.2, -0.15) is 0 Å². The topological polar surface area (TPSA) is 12.5 Å². The summed E-state index contributed by atoms with van der Waals surface area (Å²) in [5, 5.41) is 1.94. The van der Waals surface area contributed by atoms with Gasteiger partial charge in [-0.3, -0.25) is 4.84 Å². The molecule has 2 aromatic carbocycles. The van der Waals surface area contributed by atoms with Gasteiger partial charge in [0.2, 0.25) is 0 Å². The summed E-state index contributed by atoms with van der Waals surface area (Å²) in [5.74, 6) is 0. The van der Waals surface area contributed by atoms with E-state index < -0.39 is 0 Å². The summed E-state index contributed by atoms with van der Waals surface area (Å²) in [7, 11) is 0. The molecule has 0 N–H and O–H groups in total. The molecule has 2 heterocycles. The van der Waals surface area contributed by atoms with Crippen molar-refractivity contribution >= 4 is 39.0 Å². The zero-order chi connectivity index (χ0) is 13.5. The summed E-state index contributed by atoms with van der Waals surface area (Å²) >= 11 is 5.35. The van der Waals surface area contributed by atoms with E-state index in [1.54, 1.807) is 0 Å². The summed E-state index contributed by atoms with van der Waals surface area (Å²) in [6, 6.07) is 17.1. The molecule has 0 spiro atoms. The average molecular weight is 346 g/mol. The third-order valence-corrected chi connectivity index (χ3v) is 5.19. The van der Waals surface area contributed by atoms with E-state index in [9.17, 15) is 0 Å². The lowest BCUT2D eigenvalue weighted by Gasteiger charge is -2.19. The first kappa shape index (κ1) is 12.5. The molecular weight excluding hydrogens is 334 g/mol. The number of benzene rings is 2. The molecule has 0 radical (unpaired) electrons. The molecule has 0 unspecified atom stereocenters. The Morgan fingerprint density at radius 3 is 2.40 bits per heavy atom. The highest BCUT2D eigenvalue weighted by Gasteiger charge is 2.30. The molecule has 0 atom stereocenters. The van der Waals surface area contributed by atoms with Gasteiger partial charge < -0.3 is 0 Å². The van der Waals surface area contributed by atoms with E-state index in [2.05, 4.69) is 64.5 Å². The second-order valence-corrected chi connectivity index (χ2v) is 6.28. The van der Waals surface area contributed by atoms with Crippen molar-refractivity contribution in [3.63, 3.8) is 0 Å². The first-order chi connectivity index (χ1) is 9.88. The van der Waals surface area contributed by atoms with Crippen molar-refractivity contribution in [3.8, 4) is 0 Å². The Morgan fingerprint density at radius 2 is 1.65 bits per heavy atom. The molecular formula is C16H12BrNOS. The van der Waals surface area contributed by atoms with Crippen molar-refractivity contribution in [2.75, 3.05) is 12.1 Å². The zero-order valence-electron chi connectivity index (χ0n) is 10.7. The number of nitrogens with zero attached hydrogens (tertiary/aromatic N) is 1. The molecule has 2 aliphatic rings. The van der Waals surface area contributed by atoms with E-state index in [0.717, 1.165) is 0 Å². The standard InChI is InChI=1S/C16H12BrNOS/c17-10-18-16-12-6-2-4-8-15(12)20-14-7-3-1-5-11(14)13(16)9-19-18/h1-8H,9-10H2. The number of alkyl halides is 1. The normalized spacial score (nSPS) is 16.6. The molecule has 20 heavy (non-hydrogen) atoms. The Labute approximate surface area is 130 Å². The number of rotatable bonds is 1. The van der Waals surface area contributed by atoms with Crippen molar-refractivity contribution in [1.29, 1.82) is 0 Å². The van der Waals surface area contributed by atoms with Gasteiger partial charge in [0.25, 0.3) is 0 Å². The molecule has 0 aliphatic carbocycles. The van der Waals surface area contributed by atoms with Crippen molar-refractivity contribution in [3.05, 3.63) is 59.7 Å². The number of hydrogen-bond donors (Lipinski definition) is 0. The van der Waals surface area contributed by atoms with Crippen molar-refractivity contribution in [1.82, 2.24) is 5.06 Å².